The Bertz CT molecular complexity index is 896. The van der Waals surface area contributed by atoms with Crippen LogP contribution in [0.25, 0.3) is 0 Å². The van der Waals surface area contributed by atoms with Crippen molar-refractivity contribution >= 4 is 28.8 Å². The summed E-state index contributed by atoms with van der Waals surface area (Å²) < 4.78 is 5.52. The lowest BCUT2D eigenvalue weighted by atomic mass is 9.95. The minimum absolute atomic E-state index is 0.00970. The zero-order chi connectivity index (χ0) is 21.6. The van der Waals surface area contributed by atoms with E-state index in [4.69, 9.17) is 4.74 Å². The van der Waals surface area contributed by atoms with Crippen LogP contribution in [0.4, 0.5) is 5.69 Å². The van der Waals surface area contributed by atoms with Gasteiger partial charge in [-0.2, -0.15) is 0 Å². The third-order valence-corrected chi connectivity index (χ3v) is 6.87. The first kappa shape index (κ1) is 21.8. The van der Waals surface area contributed by atoms with Crippen molar-refractivity contribution in [2.75, 3.05) is 51.3 Å². The van der Waals surface area contributed by atoms with Crippen LogP contribution in [0.3, 0.4) is 0 Å². The monoisotopic (exact) mass is 442 g/mol. The Kier molecular flexibility index (Phi) is 7.21. The van der Waals surface area contributed by atoms with E-state index in [1.54, 1.807) is 11.3 Å². The van der Waals surface area contributed by atoms with E-state index in [2.05, 4.69) is 45.7 Å². The average Bonchev–Trinajstić information content (AvgIpc) is 3.32. The SMILES string of the molecule is CN1CCCc2cc(C(CNC(=O)C(=O)NCc3cccs3)N3CCOCC3)ccc21. The number of rotatable bonds is 6. The van der Waals surface area contributed by atoms with Crippen LogP contribution < -0.4 is 15.5 Å². The van der Waals surface area contributed by atoms with Gasteiger partial charge in [0.15, 0.2) is 0 Å². The molecule has 2 amide bonds. The summed E-state index contributed by atoms with van der Waals surface area (Å²) in [5, 5.41) is 7.50. The number of carbonyl (C=O) groups is 2. The third-order valence-electron chi connectivity index (χ3n) is 5.99. The zero-order valence-corrected chi connectivity index (χ0v) is 18.7. The largest absolute Gasteiger partial charge is 0.379 e. The predicted molar refractivity (Wildman–Crippen MR) is 122 cm³/mol. The molecule has 0 aliphatic carbocycles. The molecule has 2 aliphatic rings. The molecule has 2 aromatic rings. The number of benzene rings is 1. The summed E-state index contributed by atoms with van der Waals surface area (Å²) in [6.07, 6.45) is 2.22. The quantitative estimate of drug-likeness (QED) is 0.669. The van der Waals surface area contributed by atoms with Crippen LogP contribution in [0.2, 0.25) is 0 Å². The molecule has 1 fully saturated rings. The molecule has 0 spiro atoms. The molecular formula is C23H30N4O3S. The number of anilines is 1. The molecule has 166 valence electrons. The number of thiophene rings is 1. The van der Waals surface area contributed by atoms with Crippen molar-refractivity contribution in [2.24, 2.45) is 0 Å². The van der Waals surface area contributed by atoms with Crippen LogP contribution >= 0.6 is 11.3 Å². The van der Waals surface area contributed by atoms with Gasteiger partial charge in [0.05, 0.1) is 25.8 Å². The van der Waals surface area contributed by atoms with E-state index in [1.807, 2.05) is 17.5 Å². The fourth-order valence-electron chi connectivity index (χ4n) is 4.29. The molecule has 7 nitrogen and oxygen atoms in total. The van der Waals surface area contributed by atoms with Gasteiger partial charge >= 0.3 is 11.8 Å². The standard InChI is InChI=1S/C23H30N4O3S/c1-26-8-2-4-17-14-18(6-7-20(17)26)21(27-9-11-30-12-10-27)16-25-23(29)22(28)24-15-19-5-3-13-31-19/h3,5-7,13-14,21H,2,4,8-12,15-16H2,1H3,(H,24,28)(H,25,29). The molecule has 1 saturated heterocycles. The molecule has 1 aromatic heterocycles. The molecule has 1 atom stereocenters. The second-order valence-corrected chi connectivity index (χ2v) is 9.08. The Morgan fingerprint density at radius 2 is 1.94 bits per heavy atom. The highest BCUT2D eigenvalue weighted by atomic mass is 32.1. The van der Waals surface area contributed by atoms with Crippen molar-refractivity contribution in [1.82, 2.24) is 15.5 Å². The summed E-state index contributed by atoms with van der Waals surface area (Å²) in [6.45, 7) is 4.81. The van der Waals surface area contributed by atoms with E-state index in [9.17, 15) is 9.59 Å². The second kappa shape index (κ2) is 10.3. The number of nitrogens with zero attached hydrogens (tertiary/aromatic N) is 2. The summed E-state index contributed by atoms with van der Waals surface area (Å²) in [7, 11) is 2.13. The molecule has 4 rings (SSSR count). The zero-order valence-electron chi connectivity index (χ0n) is 17.9. The molecular weight excluding hydrogens is 412 g/mol. The van der Waals surface area contributed by atoms with Gasteiger partial charge in [-0.05, 0) is 41.5 Å². The highest BCUT2D eigenvalue weighted by Crippen LogP contribution is 2.30. The maximum Gasteiger partial charge on any atom is 0.309 e. The van der Waals surface area contributed by atoms with Gasteiger partial charge in [0, 0.05) is 43.8 Å². The van der Waals surface area contributed by atoms with Crippen LogP contribution in [-0.2, 0) is 27.3 Å². The second-order valence-electron chi connectivity index (χ2n) is 8.05. The van der Waals surface area contributed by atoms with Crippen molar-refractivity contribution in [3.05, 3.63) is 51.7 Å². The van der Waals surface area contributed by atoms with Crippen molar-refractivity contribution in [3.8, 4) is 0 Å². The maximum absolute atomic E-state index is 12.4. The fraction of sp³-hybridized carbons (Fsp3) is 0.478. The molecule has 31 heavy (non-hydrogen) atoms. The van der Waals surface area contributed by atoms with Gasteiger partial charge in [-0.1, -0.05) is 18.2 Å². The number of aryl methyl sites for hydroxylation is 1. The van der Waals surface area contributed by atoms with Gasteiger partial charge in [-0.3, -0.25) is 14.5 Å². The molecule has 0 saturated carbocycles. The molecule has 2 N–H and O–H groups in total. The molecule has 1 unspecified atom stereocenters. The van der Waals surface area contributed by atoms with Gasteiger partial charge in [-0.25, -0.2) is 0 Å². The molecule has 1 aromatic carbocycles. The predicted octanol–water partition coefficient (Wildman–Crippen LogP) is 1.94. The summed E-state index contributed by atoms with van der Waals surface area (Å²) in [6, 6.07) is 10.5. The topological polar surface area (TPSA) is 73.9 Å². The molecule has 0 bridgehead atoms. The smallest absolute Gasteiger partial charge is 0.309 e. The van der Waals surface area contributed by atoms with Crippen molar-refractivity contribution in [2.45, 2.75) is 25.4 Å². The lowest BCUT2D eigenvalue weighted by Crippen LogP contribution is -2.46. The van der Waals surface area contributed by atoms with Crippen LogP contribution in [0.5, 0.6) is 0 Å². The number of carbonyl (C=O) groups excluding carboxylic acids is 2. The Labute approximate surface area is 187 Å². The number of hydrogen-bond donors (Lipinski definition) is 2. The first-order valence-corrected chi connectivity index (χ1v) is 11.7. The van der Waals surface area contributed by atoms with Gasteiger partial charge in [0.2, 0.25) is 0 Å². The molecule has 8 heteroatoms. The first-order chi connectivity index (χ1) is 15.1. The Morgan fingerprint density at radius 1 is 1.13 bits per heavy atom. The normalized spacial score (nSPS) is 17.6. The number of amides is 2. The highest BCUT2D eigenvalue weighted by Gasteiger charge is 2.26. The van der Waals surface area contributed by atoms with Crippen LogP contribution in [0, 0.1) is 0 Å². The van der Waals surface area contributed by atoms with Crippen LogP contribution in [0.1, 0.15) is 28.5 Å². The Morgan fingerprint density at radius 3 is 2.71 bits per heavy atom. The van der Waals surface area contributed by atoms with E-state index in [0.29, 0.717) is 26.3 Å². The van der Waals surface area contributed by atoms with Crippen molar-refractivity contribution in [1.29, 1.82) is 0 Å². The van der Waals surface area contributed by atoms with E-state index in [0.717, 1.165) is 37.4 Å². The van der Waals surface area contributed by atoms with E-state index >= 15 is 0 Å². The van der Waals surface area contributed by atoms with Gasteiger partial charge < -0.3 is 20.3 Å². The molecule has 2 aliphatic heterocycles. The van der Waals surface area contributed by atoms with E-state index in [1.165, 1.54) is 16.8 Å². The lowest BCUT2D eigenvalue weighted by molar-refractivity contribution is -0.139. The number of morpholine rings is 1. The number of hydrogen-bond acceptors (Lipinski definition) is 6. The van der Waals surface area contributed by atoms with Gasteiger partial charge in [-0.15, -0.1) is 11.3 Å². The summed E-state index contributed by atoms with van der Waals surface area (Å²) in [5.41, 5.74) is 3.81. The van der Waals surface area contributed by atoms with Crippen LogP contribution in [0.15, 0.2) is 35.7 Å². The van der Waals surface area contributed by atoms with Crippen molar-refractivity contribution < 1.29 is 14.3 Å². The average molecular weight is 443 g/mol. The number of nitrogens with one attached hydrogen (secondary N) is 2. The maximum atomic E-state index is 12.4. The van der Waals surface area contributed by atoms with Gasteiger partial charge in [0.25, 0.3) is 0 Å². The van der Waals surface area contributed by atoms with E-state index < -0.39 is 11.8 Å². The Hall–Kier alpha value is -2.42. The van der Waals surface area contributed by atoms with Crippen molar-refractivity contribution in [3.63, 3.8) is 0 Å². The molecule has 0 radical (unpaired) electrons. The first-order valence-electron chi connectivity index (χ1n) is 10.9. The minimum atomic E-state index is -0.596. The highest BCUT2D eigenvalue weighted by molar-refractivity contribution is 7.09. The van der Waals surface area contributed by atoms with E-state index in [-0.39, 0.29) is 6.04 Å². The fourth-order valence-corrected chi connectivity index (χ4v) is 4.93. The molecule has 3 heterocycles. The summed E-state index contributed by atoms with van der Waals surface area (Å²) in [4.78, 5) is 30.3. The number of ether oxygens (including phenoxy) is 1. The summed E-state index contributed by atoms with van der Waals surface area (Å²) in [5.74, 6) is -1.19. The van der Waals surface area contributed by atoms with Crippen LogP contribution in [-0.4, -0.2) is 63.2 Å². The number of fused-ring (bicyclic) bond motifs is 1. The van der Waals surface area contributed by atoms with Gasteiger partial charge in [0.1, 0.15) is 0 Å². The third kappa shape index (κ3) is 5.44. The Balaban J connectivity index is 1.43. The summed E-state index contributed by atoms with van der Waals surface area (Å²) >= 11 is 1.55. The minimum Gasteiger partial charge on any atom is -0.379 e. The lowest BCUT2D eigenvalue weighted by Gasteiger charge is -2.36.